The van der Waals surface area contributed by atoms with Gasteiger partial charge in [-0.25, -0.2) is 4.98 Å². The summed E-state index contributed by atoms with van der Waals surface area (Å²) in [7, 11) is 0. The number of nitrogens with zero attached hydrogens (tertiary/aromatic N) is 2. The number of benzene rings is 2. The number of nitro benzene ring substituents is 1. The van der Waals surface area contributed by atoms with Gasteiger partial charge in [0.05, 0.1) is 10.6 Å². The fourth-order valence-electron chi connectivity index (χ4n) is 3.11. The molecule has 0 saturated carbocycles. The maximum absolute atomic E-state index is 12.8. The maximum atomic E-state index is 12.8. The Labute approximate surface area is 177 Å². The number of carbonyl (C=O) groups excluding carboxylic acids is 2. The van der Waals surface area contributed by atoms with Crippen molar-refractivity contribution in [2.75, 3.05) is 10.6 Å². The topological polar surface area (TPSA) is 114 Å². The highest BCUT2D eigenvalue weighted by molar-refractivity contribution is 7.17. The first-order valence-corrected chi connectivity index (χ1v) is 9.90. The van der Waals surface area contributed by atoms with E-state index in [-0.39, 0.29) is 22.3 Å². The molecule has 3 aromatic rings. The fraction of sp³-hybridized carbons (Fsp3) is 0.190. The Hall–Kier alpha value is -3.59. The summed E-state index contributed by atoms with van der Waals surface area (Å²) < 4.78 is 0. The van der Waals surface area contributed by atoms with Gasteiger partial charge in [-0.15, -0.1) is 0 Å². The van der Waals surface area contributed by atoms with Gasteiger partial charge in [0.2, 0.25) is 0 Å². The lowest BCUT2D eigenvalue weighted by Gasteiger charge is -2.12. The van der Waals surface area contributed by atoms with E-state index in [1.165, 1.54) is 24.3 Å². The number of aryl methyl sites for hydroxylation is 4. The van der Waals surface area contributed by atoms with Crippen LogP contribution in [0.15, 0.2) is 36.4 Å². The smallest absolute Gasteiger partial charge is 0.269 e. The molecule has 0 aliphatic heterocycles. The molecule has 0 bridgehead atoms. The van der Waals surface area contributed by atoms with Crippen LogP contribution >= 0.6 is 11.3 Å². The molecule has 9 heteroatoms. The zero-order chi connectivity index (χ0) is 22.0. The molecule has 2 N–H and O–H groups in total. The van der Waals surface area contributed by atoms with Crippen LogP contribution in [-0.4, -0.2) is 21.7 Å². The van der Waals surface area contributed by atoms with Gasteiger partial charge in [-0.05, 0) is 51.0 Å². The van der Waals surface area contributed by atoms with Crippen LogP contribution in [-0.2, 0) is 0 Å². The van der Waals surface area contributed by atoms with Gasteiger partial charge < -0.3 is 5.32 Å². The minimum atomic E-state index is -0.533. The molecular weight excluding hydrogens is 404 g/mol. The summed E-state index contributed by atoms with van der Waals surface area (Å²) in [5.41, 5.74) is 4.47. The molecular formula is C21H20N4O4S. The molecule has 1 aromatic heterocycles. The highest BCUT2D eigenvalue weighted by atomic mass is 32.1. The summed E-state index contributed by atoms with van der Waals surface area (Å²) in [5, 5.41) is 16.6. The number of hydrogen-bond acceptors (Lipinski definition) is 6. The Morgan fingerprint density at radius 2 is 1.57 bits per heavy atom. The van der Waals surface area contributed by atoms with Gasteiger partial charge in [0.1, 0.15) is 4.88 Å². The van der Waals surface area contributed by atoms with Crippen LogP contribution in [0.1, 0.15) is 42.4 Å². The Bertz CT molecular complexity index is 1130. The molecule has 30 heavy (non-hydrogen) atoms. The predicted octanol–water partition coefficient (Wildman–Crippen LogP) is 4.79. The van der Waals surface area contributed by atoms with Crippen LogP contribution in [0.3, 0.4) is 0 Å². The highest BCUT2D eigenvalue weighted by Gasteiger charge is 2.19. The van der Waals surface area contributed by atoms with Crippen LogP contribution < -0.4 is 10.6 Å². The monoisotopic (exact) mass is 424 g/mol. The van der Waals surface area contributed by atoms with Crippen molar-refractivity contribution in [3.8, 4) is 0 Å². The Morgan fingerprint density at radius 3 is 2.13 bits per heavy atom. The van der Waals surface area contributed by atoms with E-state index in [1.54, 1.807) is 6.92 Å². The minimum absolute atomic E-state index is 0.0997. The summed E-state index contributed by atoms with van der Waals surface area (Å²) in [4.78, 5) is 40.0. The van der Waals surface area contributed by atoms with Crippen molar-refractivity contribution in [3.63, 3.8) is 0 Å². The third kappa shape index (κ3) is 4.52. The van der Waals surface area contributed by atoms with Crippen molar-refractivity contribution in [1.82, 2.24) is 4.98 Å². The number of hydrogen-bond donors (Lipinski definition) is 2. The van der Waals surface area contributed by atoms with Crippen molar-refractivity contribution in [2.45, 2.75) is 27.7 Å². The van der Waals surface area contributed by atoms with E-state index >= 15 is 0 Å². The van der Waals surface area contributed by atoms with E-state index < -0.39 is 10.8 Å². The summed E-state index contributed by atoms with van der Waals surface area (Å²) in [5.74, 6) is -0.758. The number of non-ortho nitro benzene ring substituents is 1. The largest absolute Gasteiger partial charge is 0.321 e. The lowest BCUT2D eigenvalue weighted by molar-refractivity contribution is -0.384. The van der Waals surface area contributed by atoms with Gasteiger partial charge in [-0.2, -0.15) is 0 Å². The zero-order valence-electron chi connectivity index (χ0n) is 16.9. The third-order valence-electron chi connectivity index (χ3n) is 4.48. The Morgan fingerprint density at radius 1 is 0.967 bits per heavy atom. The van der Waals surface area contributed by atoms with Crippen molar-refractivity contribution in [1.29, 1.82) is 0 Å². The Kier molecular flexibility index (Phi) is 5.93. The average molecular weight is 424 g/mol. The van der Waals surface area contributed by atoms with Gasteiger partial charge in [0.15, 0.2) is 5.13 Å². The number of thiazole rings is 1. The average Bonchev–Trinajstić information content (AvgIpc) is 3.04. The number of rotatable bonds is 5. The SMILES string of the molecule is Cc1cc(C)c(NC(=O)c2sc(NC(=O)c3ccc([N+](=O)[O-])cc3)nc2C)c(C)c1. The first kappa shape index (κ1) is 21.1. The first-order chi connectivity index (χ1) is 14.2. The molecule has 8 nitrogen and oxygen atoms in total. The van der Waals surface area contributed by atoms with Gasteiger partial charge in [-0.3, -0.25) is 25.0 Å². The minimum Gasteiger partial charge on any atom is -0.321 e. The normalized spacial score (nSPS) is 10.5. The molecule has 0 spiro atoms. The number of nitro groups is 1. The molecule has 3 rings (SSSR count). The van der Waals surface area contributed by atoms with Gasteiger partial charge in [0, 0.05) is 23.4 Å². The van der Waals surface area contributed by atoms with E-state index in [0.717, 1.165) is 33.7 Å². The molecule has 2 amide bonds. The van der Waals surface area contributed by atoms with Crippen molar-refractivity contribution >= 4 is 39.7 Å². The molecule has 1 heterocycles. The van der Waals surface area contributed by atoms with Crippen molar-refractivity contribution in [2.24, 2.45) is 0 Å². The summed E-state index contributed by atoms with van der Waals surface area (Å²) in [6, 6.07) is 9.24. The molecule has 0 unspecified atom stereocenters. The quantitative estimate of drug-likeness (QED) is 0.451. The number of amides is 2. The Balaban J connectivity index is 1.75. The number of anilines is 2. The van der Waals surface area contributed by atoms with E-state index in [4.69, 9.17) is 0 Å². The van der Waals surface area contributed by atoms with Gasteiger partial charge in [-0.1, -0.05) is 29.0 Å². The molecule has 0 aliphatic carbocycles. The van der Waals surface area contributed by atoms with Crippen LogP contribution in [0.5, 0.6) is 0 Å². The predicted molar refractivity (Wildman–Crippen MR) is 117 cm³/mol. The molecule has 2 aromatic carbocycles. The van der Waals surface area contributed by atoms with E-state index in [2.05, 4.69) is 15.6 Å². The highest BCUT2D eigenvalue weighted by Crippen LogP contribution is 2.27. The number of aromatic nitrogens is 1. The van der Waals surface area contributed by atoms with E-state index in [0.29, 0.717) is 10.6 Å². The van der Waals surface area contributed by atoms with Crippen molar-refractivity contribution in [3.05, 3.63) is 79.3 Å². The lowest BCUT2D eigenvalue weighted by atomic mass is 10.1. The van der Waals surface area contributed by atoms with Crippen LogP contribution in [0.25, 0.3) is 0 Å². The van der Waals surface area contributed by atoms with E-state index in [9.17, 15) is 19.7 Å². The first-order valence-electron chi connectivity index (χ1n) is 9.08. The van der Waals surface area contributed by atoms with Gasteiger partial charge in [0.25, 0.3) is 17.5 Å². The van der Waals surface area contributed by atoms with Crippen LogP contribution in [0.2, 0.25) is 0 Å². The fourth-order valence-corrected chi connectivity index (χ4v) is 3.97. The number of nitrogens with one attached hydrogen (secondary N) is 2. The molecule has 0 saturated heterocycles. The van der Waals surface area contributed by atoms with Gasteiger partial charge >= 0.3 is 0 Å². The molecule has 154 valence electrons. The standard InChI is InChI=1S/C21H20N4O4S/c1-11-9-12(2)17(13(3)10-11)23-20(27)18-14(4)22-21(30-18)24-19(26)15-5-7-16(8-6-15)25(28)29/h5-10H,1-4H3,(H,23,27)(H,22,24,26). The van der Waals surface area contributed by atoms with E-state index in [1.807, 2.05) is 32.9 Å². The maximum Gasteiger partial charge on any atom is 0.269 e. The molecule has 0 radical (unpaired) electrons. The summed E-state index contributed by atoms with van der Waals surface area (Å²) in [6.07, 6.45) is 0. The molecule has 0 aliphatic rings. The zero-order valence-corrected chi connectivity index (χ0v) is 17.7. The van der Waals surface area contributed by atoms with Crippen molar-refractivity contribution < 1.29 is 14.5 Å². The third-order valence-corrected chi connectivity index (χ3v) is 5.55. The molecule has 0 fully saturated rings. The summed E-state index contributed by atoms with van der Waals surface area (Å²) in [6.45, 7) is 7.57. The summed E-state index contributed by atoms with van der Waals surface area (Å²) >= 11 is 1.07. The second kappa shape index (κ2) is 8.42. The molecule has 0 atom stereocenters. The lowest BCUT2D eigenvalue weighted by Crippen LogP contribution is -2.13. The van der Waals surface area contributed by atoms with Crippen LogP contribution in [0.4, 0.5) is 16.5 Å². The second-order valence-electron chi connectivity index (χ2n) is 6.92. The van der Waals surface area contributed by atoms with Crippen LogP contribution in [0, 0.1) is 37.8 Å². The number of carbonyl (C=O) groups is 2. The second-order valence-corrected chi connectivity index (χ2v) is 7.92.